The molecule has 1 atom stereocenters. The summed E-state index contributed by atoms with van der Waals surface area (Å²) in [5.41, 5.74) is 1.15. The Kier molecular flexibility index (Phi) is 4.93. The van der Waals surface area contributed by atoms with Gasteiger partial charge in [-0.15, -0.1) is 0 Å². The van der Waals surface area contributed by atoms with Gasteiger partial charge in [-0.05, 0) is 37.1 Å². The van der Waals surface area contributed by atoms with Gasteiger partial charge in [0, 0.05) is 23.6 Å². The quantitative estimate of drug-likeness (QED) is 0.883. The Labute approximate surface area is 123 Å². The lowest BCUT2D eigenvalue weighted by molar-refractivity contribution is 0.420. The number of benzene rings is 1. The molecule has 1 aromatic rings. The summed E-state index contributed by atoms with van der Waals surface area (Å²) in [6, 6.07) is 6.67. The van der Waals surface area contributed by atoms with Gasteiger partial charge in [-0.2, -0.15) is 0 Å². The van der Waals surface area contributed by atoms with Crippen LogP contribution < -0.4 is 10.2 Å². The molecule has 0 bridgehead atoms. The van der Waals surface area contributed by atoms with Crippen LogP contribution in [0.5, 0.6) is 0 Å². The zero-order chi connectivity index (χ0) is 13.1. The smallest absolute Gasteiger partial charge is 0.0650 e. The molecule has 1 aliphatic rings. The number of hydrogen-bond acceptors (Lipinski definition) is 2. The topological polar surface area (TPSA) is 15.3 Å². The van der Waals surface area contributed by atoms with Crippen molar-refractivity contribution in [3.05, 3.63) is 27.7 Å². The largest absolute Gasteiger partial charge is 0.369 e. The molecule has 2 rings (SSSR count). The number of hydrogen-bond donors (Lipinski definition) is 1. The maximum Gasteiger partial charge on any atom is 0.0650 e. The van der Waals surface area contributed by atoms with Crippen molar-refractivity contribution in [1.82, 2.24) is 5.32 Å². The van der Waals surface area contributed by atoms with Crippen molar-refractivity contribution in [2.24, 2.45) is 5.92 Å². The molecule has 1 fully saturated rings. The number of nitrogens with zero attached hydrogens (tertiary/aromatic N) is 1. The van der Waals surface area contributed by atoms with Gasteiger partial charge < -0.3 is 10.2 Å². The summed E-state index contributed by atoms with van der Waals surface area (Å²) in [7, 11) is 0. The van der Waals surface area contributed by atoms with Gasteiger partial charge in [0.2, 0.25) is 0 Å². The second kappa shape index (κ2) is 6.27. The molecule has 1 unspecified atom stereocenters. The average molecular weight is 332 g/mol. The molecule has 0 saturated carbocycles. The molecule has 1 aliphatic heterocycles. The van der Waals surface area contributed by atoms with Gasteiger partial charge >= 0.3 is 0 Å². The molecular weight excluding hydrogens is 312 g/mol. The molecule has 4 heteroatoms. The highest BCUT2D eigenvalue weighted by Crippen LogP contribution is 2.30. The second-order valence-corrected chi connectivity index (χ2v) is 6.52. The number of anilines is 1. The van der Waals surface area contributed by atoms with Crippen LogP contribution in [0.3, 0.4) is 0 Å². The van der Waals surface area contributed by atoms with Crippen LogP contribution in [0.25, 0.3) is 0 Å². The third-order valence-electron chi connectivity index (χ3n) is 3.48. The van der Waals surface area contributed by atoms with E-state index in [4.69, 9.17) is 11.6 Å². The second-order valence-electron chi connectivity index (χ2n) is 5.20. The molecule has 0 spiro atoms. The van der Waals surface area contributed by atoms with Crippen molar-refractivity contribution in [3.8, 4) is 0 Å². The number of nitrogens with one attached hydrogen (secondary N) is 1. The molecule has 1 heterocycles. The number of rotatable bonds is 2. The van der Waals surface area contributed by atoms with E-state index in [-0.39, 0.29) is 0 Å². The van der Waals surface area contributed by atoms with Crippen LogP contribution in [0, 0.1) is 5.92 Å². The minimum absolute atomic E-state index is 0.534. The molecule has 18 heavy (non-hydrogen) atoms. The zero-order valence-electron chi connectivity index (χ0n) is 10.9. The molecule has 0 aromatic heterocycles. The Hall–Kier alpha value is -0.250. The SMILES string of the molecule is CC(C)C1CN(c2ccc(Br)cc2Cl)CCCN1. The van der Waals surface area contributed by atoms with E-state index >= 15 is 0 Å². The maximum absolute atomic E-state index is 6.35. The first kappa shape index (κ1) is 14.2. The Bertz CT molecular complexity index is 409. The molecule has 1 saturated heterocycles. The zero-order valence-corrected chi connectivity index (χ0v) is 13.3. The lowest BCUT2D eigenvalue weighted by Gasteiger charge is -2.29. The van der Waals surface area contributed by atoms with Crippen LogP contribution in [0.15, 0.2) is 22.7 Å². The molecule has 0 radical (unpaired) electrons. The Morgan fingerprint density at radius 3 is 2.89 bits per heavy atom. The van der Waals surface area contributed by atoms with Gasteiger partial charge in [0.1, 0.15) is 0 Å². The molecule has 0 amide bonds. The molecule has 1 N–H and O–H groups in total. The van der Waals surface area contributed by atoms with Crippen LogP contribution in [0.4, 0.5) is 5.69 Å². The van der Waals surface area contributed by atoms with Crippen LogP contribution in [0.1, 0.15) is 20.3 Å². The predicted octanol–water partition coefficient (Wildman–Crippen LogP) is 3.93. The summed E-state index contributed by atoms with van der Waals surface area (Å²) in [5, 5.41) is 4.45. The van der Waals surface area contributed by atoms with Crippen molar-refractivity contribution in [2.75, 3.05) is 24.5 Å². The minimum atomic E-state index is 0.534. The van der Waals surface area contributed by atoms with E-state index in [0.29, 0.717) is 12.0 Å². The summed E-state index contributed by atoms with van der Waals surface area (Å²) in [6.07, 6.45) is 1.16. The average Bonchev–Trinajstić information content (AvgIpc) is 2.54. The Balaban J connectivity index is 2.20. The first-order chi connectivity index (χ1) is 8.58. The van der Waals surface area contributed by atoms with E-state index in [1.165, 1.54) is 0 Å². The lowest BCUT2D eigenvalue weighted by Crippen LogP contribution is -2.41. The third-order valence-corrected chi connectivity index (χ3v) is 4.28. The van der Waals surface area contributed by atoms with Gasteiger partial charge in [0.25, 0.3) is 0 Å². The van der Waals surface area contributed by atoms with Crippen LogP contribution >= 0.6 is 27.5 Å². The van der Waals surface area contributed by atoms with E-state index in [0.717, 1.165) is 41.2 Å². The predicted molar refractivity (Wildman–Crippen MR) is 82.6 cm³/mol. The Morgan fingerprint density at radius 1 is 1.44 bits per heavy atom. The fourth-order valence-corrected chi connectivity index (χ4v) is 3.15. The van der Waals surface area contributed by atoms with Crippen molar-refractivity contribution < 1.29 is 0 Å². The standard InChI is InChI=1S/C14H20BrClN2/c1-10(2)13-9-18(7-3-6-17-13)14-5-4-11(15)8-12(14)16/h4-5,8,10,13,17H,3,6-7,9H2,1-2H3. The van der Waals surface area contributed by atoms with E-state index in [2.05, 4.69) is 52.1 Å². The first-order valence-electron chi connectivity index (χ1n) is 6.51. The summed E-state index contributed by atoms with van der Waals surface area (Å²) in [5.74, 6) is 0.639. The van der Waals surface area contributed by atoms with E-state index < -0.39 is 0 Å². The summed E-state index contributed by atoms with van der Waals surface area (Å²) in [6.45, 7) is 7.72. The van der Waals surface area contributed by atoms with Crippen LogP contribution in [-0.2, 0) is 0 Å². The fourth-order valence-electron chi connectivity index (χ4n) is 2.35. The first-order valence-corrected chi connectivity index (χ1v) is 7.68. The van der Waals surface area contributed by atoms with Gasteiger partial charge in [-0.1, -0.05) is 41.4 Å². The van der Waals surface area contributed by atoms with Crippen LogP contribution in [0.2, 0.25) is 5.02 Å². The third kappa shape index (κ3) is 3.40. The molecule has 0 aliphatic carbocycles. The van der Waals surface area contributed by atoms with Gasteiger partial charge in [0.05, 0.1) is 10.7 Å². The van der Waals surface area contributed by atoms with Crippen molar-refractivity contribution in [2.45, 2.75) is 26.3 Å². The van der Waals surface area contributed by atoms with E-state index in [9.17, 15) is 0 Å². The highest BCUT2D eigenvalue weighted by atomic mass is 79.9. The van der Waals surface area contributed by atoms with Gasteiger partial charge in [-0.25, -0.2) is 0 Å². The van der Waals surface area contributed by atoms with Gasteiger partial charge in [-0.3, -0.25) is 0 Å². The maximum atomic E-state index is 6.35. The highest BCUT2D eigenvalue weighted by Gasteiger charge is 2.21. The summed E-state index contributed by atoms with van der Waals surface area (Å²) >= 11 is 9.81. The molecule has 2 nitrogen and oxygen atoms in total. The molecule has 100 valence electrons. The lowest BCUT2D eigenvalue weighted by atomic mass is 10.0. The molecular formula is C14H20BrClN2. The summed E-state index contributed by atoms with van der Waals surface area (Å²) < 4.78 is 1.03. The normalized spacial score (nSPS) is 21.2. The Morgan fingerprint density at radius 2 is 2.22 bits per heavy atom. The van der Waals surface area contributed by atoms with Crippen molar-refractivity contribution in [1.29, 1.82) is 0 Å². The van der Waals surface area contributed by atoms with Crippen molar-refractivity contribution >= 4 is 33.2 Å². The highest BCUT2D eigenvalue weighted by molar-refractivity contribution is 9.10. The van der Waals surface area contributed by atoms with E-state index in [1.807, 2.05) is 6.07 Å². The van der Waals surface area contributed by atoms with Crippen molar-refractivity contribution in [3.63, 3.8) is 0 Å². The number of halogens is 2. The molecule has 1 aromatic carbocycles. The summed E-state index contributed by atoms with van der Waals surface area (Å²) in [4.78, 5) is 2.40. The van der Waals surface area contributed by atoms with E-state index in [1.54, 1.807) is 0 Å². The minimum Gasteiger partial charge on any atom is -0.369 e. The fraction of sp³-hybridized carbons (Fsp3) is 0.571. The monoisotopic (exact) mass is 330 g/mol. The van der Waals surface area contributed by atoms with Gasteiger partial charge in [0.15, 0.2) is 0 Å². The van der Waals surface area contributed by atoms with Crippen LogP contribution in [-0.4, -0.2) is 25.7 Å².